The van der Waals surface area contributed by atoms with E-state index in [1.165, 1.54) is 19.2 Å². The zero-order valence-electron chi connectivity index (χ0n) is 10.7. The molecule has 0 radical (unpaired) electrons. The smallest absolute Gasteiger partial charge is 0.241 e. The van der Waals surface area contributed by atoms with E-state index in [-0.39, 0.29) is 17.0 Å². The Kier molecular flexibility index (Phi) is 5.64. The Labute approximate surface area is 116 Å². The minimum atomic E-state index is -3.95. The topological polar surface area (TPSA) is 101 Å². The molecule has 4 N–H and O–H groups in total. The summed E-state index contributed by atoms with van der Waals surface area (Å²) >= 11 is 0. The summed E-state index contributed by atoms with van der Waals surface area (Å²) in [7, 11) is -2.57. The van der Waals surface area contributed by atoms with Crippen LogP contribution in [0, 0.1) is 17.7 Å². The molecule has 0 aromatic heterocycles. The number of hydrogen-bond donors (Lipinski definition) is 3. The highest BCUT2D eigenvalue weighted by Gasteiger charge is 2.16. The Bertz CT molecular complexity index is 662. The quantitative estimate of drug-likeness (QED) is 0.631. The molecule has 6 nitrogen and oxygen atoms in total. The van der Waals surface area contributed by atoms with Crippen LogP contribution in [0.25, 0.3) is 0 Å². The van der Waals surface area contributed by atoms with Crippen molar-refractivity contribution in [3.8, 4) is 11.8 Å². The second-order valence-corrected chi connectivity index (χ2v) is 5.41. The Morgan fingerprint density at radius 2 is 2.15 bits per heavy atom. The van der Waals surface area contributed by atoms with Crippen molar-refractivity contribution in [1.82, 2.24) is 10.0 Å². The molecule has 0 saturated heterocycles. The van der Waals surface area contributed by atoms with Gasteiger partial charge in [-0.15, -0.1) is 0 Å². The SMILES string of the molecule is CNC(=O)CNS(=O)(=O)c1ccc(C#CCN)c(F)c1. The summed E-state index contributed by atoms with van der Waals surface area (Å²) in [6.45, 7) is -0.345. The standard InChI is InChI=1S/C12H14FN3O3S/c1-15-12(17)8-16-20(18,19)10-5-4-9(3-2-6-14)11(13)7-10/h4-5,7,16H,6,8,14H2,1H3,(H,15,17). The van der Waals surface area contributed by atoms with Gasteiger partial charge in [-0.05, 0) is 18.2 Å². The maximum atomic E-state index is 13.7. The van der Waals surface area contributed by atoms with Crippen LogP contribution in [0.5, 0.6) is 0 Å². The van der Waals surface area contributed by atoms with Gasteiger partial charge in [-0.25, -0.2) is 17.5 Å². The first-order chi connectivity index (χ1) is 9.40. The van der Waals surface area contributed by atoms with Crippen molar-refractivity contribution < 1.29 is 17.6 Å². The van der Waals surface area contributed by atoms with Gasteiger partial charge in [0.05, 0.1) is 23.5 Å². The zero-order chi connectivity index (χ0) is 15.2. The fourth-order valence-electron chi connectivity index (χ4n) is 1.24. The molecule has 0 aliphatic heterocycles. The van der Waals surface area contributed by atoms with Crippen LogP contribution in [-0.2, 0) is 14.8 Å². The molecule has 8 heteroatoms. The molecule has 0 aliphatic rings. The monoisotopic (exact) mass is 299 g/mol. The summed E-state index contributed by atoms with van der Waals surface area (Å²) in [4.78, 5) is 10.7. The molecule has 0 fully saturated rings. The van der Waals surface area contributed by atoms with Crippen LogP contribution >= 0.6 is 0 Å². The van der Waals surface area contributed by atoms with E-state index in [1.807, 2.05) is 0 Å². The average molecular weight is 299 g/mol. The van der Waals surface area contributed by atoms with Gasteiger partial charge < -0.3 is 11.1 Å². The number of amides is 1. The number of rotatable bonds is 4. The van der Waals surface area contributed by atoms with E-state index in [0.29, 0.717) is 0 Å². The maximum absolute atomic E-state index is 13.7. The van der Waals surface area contributed by atoms with Gasteiger partial charge in [0.2, 0.25) is 15.9 Å². The van der Waals surface area contributed by atoms with Gasteiger partial charge >= 0.3 is 0 Å². The Balaban J connectivity index is 2.97. The summed E-state index contributed by atoms with van der Waals surface area (Å²) in [5.74, 6) is 3.68. The molecule has 108 valence electrons. The molecule has 0 heterocycles. The van der Waals surface area contributed by atoms with Crippen LogP contribution in [0.15, 0.2) is 23.1 Å². The van der Waals surface area contributed by atoms with E-state index in [0.717, 1.165) is 6.07 Å². The lowest BCUT2D eigenvalue weighted by molar-refractivity contribution is -0.119. The highest BCUT2D eigenvalue weighted by molar-refractivity contribution is 7.89. The number of carbonyl (C=O) groups excluding carboxylic acids is 1. The number of halogens is 1. The zero-order valence-corrected chi connectivity index (χ0v) is 11.6. The normalized spacial score (nSPS) is 10.6. The van der Waals surface area contributed by atoms with Gasteiger partial charge in [-0.1, -0.05) is 11.8 Å². The van der Waals surface area contributed by atoms with Crippen molar-refractivity contribution in [3.05, 3.63) is 29.6 Å². The summed E-state index contributed by atoms with van der Waals surface area (Å²) in [5, 5.41) is 2.26. The second kappa shape index (κ2) is 7.00. The molecule has 0 saturated carbocycles. The minimum Gasteiger partial charge on any atom is -0.358 e. The van der Waals surface area contributed by atoms with Crippen LogP contribution in [0.2, 0.25) is 0 Å². The number of benzene rings is 1. The summed E-state index contributed by atoms with van der Waals surface area (Å²) < 4.78 is 39.3. The van der Waals surface area contributed by atoms with E-state index >= 15 is 0 Å². The third kappa shape index (κ3) is 4.31. The second-order valence-electron chi connectivity index (χ2n) is 3.65. The summed E-state index contributed by atoms with van der Waals surface area (Å²) in [5.41, 5.74) is 5.22. The number of likely N-dealkylation sites (N-methyl/N-ethyl adjacent to an activating group) is 1. The first kappa shape index (κ1) is 16.1. The largest absolute Gasteiger partial charge is 0.358 e. The van der Waals surface area contributed by atoms with Gasteiger partial charge in [0.1, 0.15) is 5.82 Å². The van der Waals surface area contributed by atoms with Crippen molar-refractivity contribution in [2.45, 2.75) is 4.90 Å². The molecular weight excluding hydrogens is 285 g/mol. The van der Waals surface area contributed by atoms with Crippen LogP contribution in [0.4, 0.5) is 4.39 Å². The first-order valence-electron chi connectivity index (χ1n) is 5.59. The predicted octanol–water partition coefficient (Wildman–Crippen LogP) is -0.840. The number of nitrogens with two attached hydrogens (primary N) is 1. The van der Waals surface area contributed by atoms with E-state index in [9.17, 15) is 17.6 Å². The molecular formula is C12H14FN3O3S. The van der Waals surface area contributed by atoms with Gasteiger partial charge in [-0.3, -0.25) is 4.79 Å². The number of sulfonamides is 1. The third-order valence-corrected chi connectivity index (χ3v) is 3.68. The predicted molar refractivity (Wildman–Crippen MR) is 71.6 cm³/mol. The van der Waals surface area contributed by atoms with Crippen molar-refractivity contribution in [2.24, 2.45) is 5.73 Å². The lowest BCUT2D eigenvalue weighted by atomic mass is 10.2. The van der Waals surface area contributed by atoms with E-state index in [4.69, 9.17) is 5.73 Å². The van der Waals surface area contributed by atoms with Crippen LogP contribution < -0.4 is 15.8 Å². The van der Waals surface area contributed by atoms with Gasteiger partial charge in [-0.2, -0.15) is 0 Å². The van der Waals surface area contributed by atoms with E-state index in [2.05, 4.69) is 21.9 Å². The molecule has 1 amide bonds. The minimum absolute atomic E-state index is 0.0562. The maximum Gasteiger partial charge on any atom is 0.241 e. The first-order valence-corrected chi connectivity index (χ1v) is 7.07. The van der Waals surface area contributed by atoms with Crippen LogP contribution in [0.3, 0.4) is 0 Å². The van der Waals surface area contributed by atoms with Crippen molar-refractivity contribution in [1.29, 1.82) is 0 Å². The molecule has 0 aliphatic carbocycles. The summed E-state index contributed by atoms with van der Waals surface area (Å²) in [6, 6.07) is 3.29. The lowest BCUT2D eigenvalue weighted by Crippen LogP contribution is -2.35. The summed E-state index contributed by atoms with van der Waals surface area (Å²) in [6.07, 6.45) is 0. The number of hydrogen-bond acceptors (Lipinski definition) is 4. The van der Waals surface area contributed by atoms with E-state index < -0.39 is 28.3 Å². The van der Waals surface area contributed by atoms with Crippen molar-refractivity contribution in [3.63, 3.8) is 0 Å². The number of nitrogens with one attached hydrogen (secondary N) is 2. The molecule has 20 heavy (non-hydrogen) atoms. The molecule has 0 unspecified atom stereocenters. The fraction of sp³-hybridized carbons (Fsp3) is 0.250. The molecule has 0 spiro atoms. The Morgan fingerprint density at radius 3 is 2.70 bits per heavy atom. The van der Waals surface area contributed by atoms with Crippen molar-refractivity contribution >= 4 is 15.9 Å². The van der Waals surface area contributed by atoms with Crippen molar-refractivity contribution in [2.75, 3.05) is 20.1 Å². The average Bonchev–Trinajstić information content (AvgIpc) is 2.43. The third-order valence-electron chi connectivity index (χ3n) is 2.28. The van der Waals surface area contributed by atoms with Gasteiger partial charge in [0.25, 0.3) is 0 Å². The van der Waals surface area contributed by atoms with Gasteiger partial charge in [0.15, 0.2) is 0 Å². The molecule has 1 aromatic rings. The fourth-order valence-corrected chi connectivity index (χ4v) is 2.24. The van der Waals surface area contributed by atoms with Crippen LogP contribution in [-0.4, -0.2) is 34.5 Å². The highest BCUT2D eigenvalue weighted by Crippen LogP contribution is 2.14. The van der Waals surface area contributed by atoms with Gasteiger partial charge in [0, 0.05) is 7.05 Å². The molecule has 1 aromatic carbocycles. The molecule has 0 atom stereocenters. The lowest BCUT2D eigenvalue weighted by Gasteiger charge is -2.06. The highest BCUT2D eigenvalue weighted by atomic mass is 32.2. The Morgan fingerprint density at radius 1 is 1.45 bits per heavy atom. The molecule has 0 bridgehead atoms. The van der Waals surface area contributed by atoms with E-state index in [1.54, 1.807) is 0 Å². The Hall–Kier alpha value is -1.95. The molecule has 1 rings (SSSR count). The number of carbonyl (C=O) groups is 1. The van der Waals surface area contributed by atoms with Crippen LogP contribution in [0.1, 0.15) is 5.56 Å².